The average molecular weight is 184 g/mol. The quantitative estimate of drug-likeness (QED) is 0.666. The topological polar surface area (TPSA) is 55.1 Å². The molecule has 3 nitrogen and oxygen atoms in total. The van der Waals surface area contributed by atoms with Gasteiger partial charge in [0, 0.05) is 12.5 Å². The number of hydrogen-bond acceptors (Lipinski definition) is 2. The molecule has 0 unspecified atom stereocenters. The molecule has 0 atom stereocenters. The van der Waals surface area contributed by atoms with Gasteiger partial charge in [0.25, 0.3) is 0 Å². The van der Waals surface area contributed by atoms with Crippen molar-refractivity contribution >= 4 is 5.91 Å². The molecule has 0 aromatic heterocycles. The Morgan fingerprint density at radius 1 is 1.54 bits per heavy atom. The summed E-state index contributed by atoms with van der Waals surface area (Å²) < 4.78 is 0. The maximum absolute atomic E-state index is 11.3. The summed E-state index contributed by atoms with van der Waals surface area (Å²) in [5.74, 6) is 0.247. The molecule has 1 amide bonds. The Morgan fingerprint density at radius 2 is 2.15 bits per heavy atom. The van der Waals surface area contributed by atoms with E-state index in [1.54, 1.807) is 0 Å². The third-order valence-electron chi connectivity index (χ3n) is 2.79. The van der Waals surface area contributed by atoms with Crippen molar-refractivity contribution in [2.24, 2.45) is 17.1 Å². The largest absolute Gasteiger partial charge is 0.355 e. The lowest BCUT2D eigenvalue weighted by atomic mass is 10.0. The summed E-state index contributed by atoms with van der Waals surface area (Å²) in [5, 5.41) is 2.98. The van der Waals surface area contributed by atoms with Gasteiger partial charge in [-0.1, -0.05) is 13.8 Å². The van der Waals surface area contributed by atoms with Gasteiger partial charge in [0.1, 0.15) is 0 Å². The van der Waals surface area contributed by atoms with E-state index >= 15 is 0 Å². The zero-order chi connectivity index (χ0) is 9.90. The molecule has 76 valence electrons. The Balaban J connectivity index is 2.22. The van der Waals surface area contributed by atoms with Crippen LogP contribution in [-0.2, 0) is 4.79 Å². The van der Waals surface area contributed by atoms with E-state index in [1.807, 2.05) is 13.8 Å². The summed E-state index contributed by atoms with van der Waals surface area (Å²) in [6.45, 7) is 5.38. The van der Waals surface area contributed by atoms with Gasteiger partial charge in [-0.2, -0.15) is 0 Å². The monoisotopic (exact) mass is 184 g/mol. The molecule has 3 heteroatoms. The van der Waals surface area contributed by atoms with E-state index in [0.717, 1.165) is 19.5 Å². The normalized spacial score (nSPS) is 18.8. The summed E-state index contributed by atoms with van der Waals surface area (Å²) in [6.07, 6.45) is 3.50. The molecule has 1 saturated carbocycles. The highest BCUT2D eigenvalue weighted by molar-refractivity contribution is 5.77. The molecule has 1 aliphatic carbocycles. The molecule has 1 aliphatic rings. The Morgan fingerprint density at radius 3 is 2.54 bits per heavy atom. The lowest BCUT2D eigenvalue weighted by molar-refractivity contribution is -0.124. The van der Waals surface area contributed by atoms with Gasteiger partial charge >= 0.3 is 0 Å². The van der Waals surface area contributed by atoms with E-state index < -0.39 is 0 Å². The van der Waals surface area contributed by atoms with Gasteiger partial charge in [-0.15, -0.1) is 0 Å². The number of carbonyl (C=O) groups is 1. The fraction of sp³-hybridized carbons (Fsp3) is 0.900. The molecule has 1 fully saturated rings. The maximum atomic E-state index is 11.3. The van der Waals surface area contributed by atoms with Crippen molar-refractivity contribution in [2.75, 3.05) is 13.1 Å². The highest BCUT2D eigenvalue weighted by atomic mass is 16.1. The van der Waals surface area contributed by atoms with Crippen LogP contribution < -0.4 is 11.1 Å². The van der Waals surface area contributed by atoms with Crippen molar-refractivity contribution in [1.29, 1.82) is 0 Å². The molecule has 0 aromatic carbocycles. The van der Waals surface area contributed by atoms with Gasteiger partial charge < -0.3 is 11.1 Å². The number of nitrogens with one attached hydrogen (secondary N) is 1. The zero-order valence-corrected chi connectivity index (χ0v) is 8.60. The van der Waals surface area contributed by atoms with Gasteiger partial charge in [0.2, 0.25) is 5.91 Å². The first kappa shape index (κ1) is 10.5. The Hall–Kier alpha value is -0.570. The second kappa shape index (κ2) is 4.09. The Labute approximate surface area is 80.1 Å². The van der Waals surface area contributed by atoms with Crippen molar-refractivity contribution in [3.63, 3.8) is 0 Å². The SMILES string of the molecule is CC(C)C(=O)NCC1(CCN)CC1. The molecular weight excluding hydrogens is 164 g/mol. The van der Waals surface area contributed by atoms with Gasteiger partial charge in [0.05, 0.1) is 0 Å². The lowest BCUT2D eigenvalue weighted by Gasteiger charge is -2.15. The smallest absolute Gasteiger partial charge is 0.222 e. The molecular formula is C10H20N2O. The molecule has 0 bridgehead atoms. The Kier molecular flexibility index (Phi) is 3.31. The molecule has 0 saturated heterocycles. The number of nitrogens with two attached hydrogens (primary N) is 1. The van der Waals surface area contributed by atoms with E-state index in [1.165, 1.54) is 12.8 Å². The summed E-state index contributed by atoms with van der Waals surface area (Å²) in [4.78, 5) is 11.3. The Bertz CT molecular complexity index is 185. The summed E-state index contributed by atoms with van der Waals surface area (Å²) in [7, 11) is 0. The predicted octanol–water partition coefficient (Wildman–Crippen LogP) is 0.888. The van der Waals surface area contributed by atoms with E-state index in [2.05, 4.69) is 5.32 Å². The number of rotatable bonds is 5. The number of carbonyl (C=O) groups excluding carboxylic acids is 1. The molecule has 3 N–H and O–H groups in total. The van der Waals surface area contributed by atoms with Gasteiger partial charge in [-0.25, -0.2) is 0 Å². The van der Waals surface area contributed by atoms with Crippen LogP contribution in [0.3, 0.4) is 0 Å². The van der Waals surface area contributed by atoms with Gasteiger partial charge in [0.15, 0.2) is 0 Å². The van der Waals surface area contributed by atoms with Crippen LogP contribution in [0.5, 0.6) is 0 Å². The van der Waals surface area contributed by atoms with Crippen LogP contribution in [-0.4, -0.2) is 19.0 Å². The van der Waals surface area contributed by atoms with Crippen LogP contribution >= 0.6 is 0 Å². The summed E-state index contributed by atoms with van der Waals surface area (Å²) >= 11 is 0. The van der Waals surface area contributed by atoms with Crippen molar-refractivity contribution < 1.29 is 4.79 Å². The van der Waals surface area contributed by atoms with E-state index in [-0.39, 0.29) is 11.8 Å². The average Bonchev–Trinajstić information content (AvgIpc) is 2.82. The minimum Gasteiger partial charge on any atom is -0.355 e. The van der Waals surface area contributed by atoms with E-state index in [0.29, 0.717) is 5.41 Å². The standard InChI is InChI=1S/C10H20N2O/c1-8(2)9(13)12-7-10(3-4-10)5-6-11/h8H,3-7,11H2,1-2H3,(H,12,13). The molecule has 0 aromatic rings. The van der Waals surface area contributed by atoms with Crippen molar-refractivity contribution in [3.8, 4) is 0 Å². The van der Waals surface area contributed by atoms with Crippen LogP contribution in [0.4, 0.5) is 0 Å². The van der Waals surface area contributed by atoms with Crippen LogP contribution in [0.1, 0.15) is 33.1 Å². The molecule has 0 spiro atoms. The first-order valence-electron chi connectivity index (χ1n) is 5.07. The molecule has 0 heterocycles. The number of amides is 1. The summed E-state index contributed by atoms with van der Waals surface area (Å²) in [5.41, 5.74) is 5.87. The van der Waals surface area contributed by atoms with Crippen molar-refractivity contribution in [3.05, 3.63) is 0 Å². The second-order valence-electron chi connectivity index (χ2n) is 4.41. The third-order valence-corrected chi connectivity index (χ3v) is 2.79. The predicted molar refractivity (Wildman–Crippen MR) is 53.2 cm³/mol. The third kappa shape index (κ3) is 2.99. The highest BCUT2D eigenvalue weighted by Gasteiger charge is 2.41. The fourth-order valence-corrected chi connectivity index (χ4v) is 1.48. The van der Waals surface area contributed by atoms with Crippen molar-refractivity contribution in [1.82, 2.24) is 5.32 Å². The zero-order valence-electron chi connectivity index (χ0n) is 8.60. The number of hydrogen-bond donors (Lipinski definition) is 2. The van der Waals surface area contributed by atoms with Gasteiger partial charge in [-0.3, -0.25) is 4.79 Å². The van der Waals surface area contributed by atoms with Crippen LogP contribution in [0.25, 0.3) is 0 Å². The van der Waals surface area contributed by atoms with Crippen molar-refractivity contribution in [2.45, 2.75) is 33.1 Å². The van der Waals surface area contributed by atoms with Crippen LogP contribution in [0.2, 0.25) is 0 Å². The first-order valence-corrected chi connectivity index (χ1v) is 5.07. The molecule has 1 rings (SSSR count). The van der Waals surface area contributed by atoms with E-state index in [4.69, 9.17) is 5.73 Å². The van der Waals surface area contributed by atoms with Gasteiger partial charge in [-0.05, 0) is 31.2 Å². The summed E-state index contributed by atoms with van der Waals surface area (Å²) in [6, 6.07) is 0. The van der Waals surface area contributed by atoms with Crippen LogP contribution in [0, 0.1) is 11.3 Å². The second-order valence-corrected chi connectivity index (χ2v) is 4.41. The minimum atomic E-state index is 0.0914. The molecule has 0 aliphatic heterocycles. The van der Waals surface area contributed by atoms with Crippen LogP contribution in [0.15, 0.2) is 0 Å². The lowest BCUT2D eigenvalue weighted by Crippen LogP contribution is -2.33. The fourth-order valence-electron chi connectivity index (χ4n) is 1.48. The highest BCUT2D eigenvalue weighted by Crippen LogP contribution is 2.47. The maximum Gasteiger partial charge on any atom is 0.222 e. The molecule has 0 radical (unpaired) electrons. The minimum absolute atomic E-state index is 0.0914. The first-order chi connectivity index (χ1) is 6.09. The molecule has 13 heavy (non-hydrogen) atoms. The van der Waals surface area contributed by atoms with E-state index in [9.17, 15) is 4.79 Å².